The molecular weight excluding hydrogens is 485 g/mol. The number of carbonyl (C=O) groups is 1. The summed E-state index contributed by atoms with van der Waals surface area (Å²) in [6, 6.07) is 3.12. The molecule has 0 fully saturated rings. The predicted octanol–water partition coefficient (Wildman–Crippen LogP) is 4.82. The highest BCUT2D eigenvalue weighted by Gasteiger charge is 2.30. The fraction of sp³-hybridized carbons (Fsp3) is 0.174. The normalized spacial score (nSPS) is 12.4. The Morgan fingerprint density at radius 2 is 1.94 bits per heavy atom. The summed E-state index contributed by atoms with van der Waals surface area (Å²) in [6.45, 7) is 4.90. The first-order chi connectivity index (χ1) is 17.0. The first-order valence-electron chi connectivity index (χ1n) is 10.2. The van der Waals surface area contributed by atoms with E-state index in [0.29, 0.717) is 11.8 Å². The lowest BCUT2D eigenvalue weighted by Crippen LogP contribution is -2.17. The average Bonchev–Trinajstić information content (AvgIpc) is 3.22. The lowest BCUT2D eigenvalue weighted by atomic mass is 10.0. The molecule has 8 nitrogen and oxygen atoms in total. The van der Waals surface area contributed by atoms with Gasteiger partial charge in [0.05, 0.1) is 23.9 Å². The molecule has 2 N–H and O–H groups in total. The number of alkyl halides is 3. The van der Waals surface area contributed by atoms with E-state index in [1.54, 1.807) is 17.9 Å². The van der Waals surface area contributed by atoms with E-state index in [2.05, 4.69) is 37.4 Å². The van der Waals surface area contributed by atoms with Crippen LogP contribution in [0.25, 0.3) is 5.57 Å². The van der Waals surface area contributed by atoms with Gasteiger partial charge in [0, 0.05) is 36.8 Å². The summed E-state index contributed by atoms with van der Waals surface area (Å²) < 4.78 is 69.3. The first-order valence-corrected chi connectivity index (χ1v) is 10.2. The number of rotatable bonds is 6. The minimum Gasteiger partial charge on any atom is -0.322 e. The maximum Gasteiger partial charge on any atom is 0.416 e. The number of guanidine groups is 1. The van der Waals surface area contributed by atoms with Crippen LogP contribution < -0.4 is 10.6 Å². The van der Waals surface area contributed by atoms with Gasteiger partial charge in [-0.1, -0.05) is 0 Å². The lowest BCUT2D eigenvalue weighted by molar-refractivity contribution is -0.137. The van der Waals surface area contributed by atoms with Crippen molar-refractivity contribution in [1.29, 1.82) is 0 Å². The molecular formula is C23H20F5N7O. The van der Waals surface area contributed by atoms with Crippen LogP contribution in [0.4, 0.5) is 33.5 Å². The molecule has 1 amide bonds. The highest BCUT2D eigenvalue weighted by atomic mass is 19.4. The Labute approximate surface area is 202 Å². The van der Waals surface area contributed by atoms with E-state index in [9.17, 15) is 26.7 Å². The van der Waals surface area contributed by atoms with Crippen molar-refractivity contribution >= 4 is 35.7 Å². The molecule has 0 saturated carbocycles. The van der Waals surface area contributed by atoms with E-state index in [-0.39, 0.29) is 28.5 Å². The van der Waals surface area contributed by atoms with Gasteiger partial charge in [-0.2, -0.15) is 18.3 Å². The third kappa shape index (κ3) is 6.81. The number of aliphatic imine (C=N–C) groups is 2. The second-order valence-corrected chi connectivity index (χ2v) is 7.53. The lowest BCUT2D eigenvalue weighted by Gasteiger charge is -2.10. The molecule has 0 radical (unpaired) electrons. The number of amides is 1. The highest BCUT2D eigenvalue weighted by Crippen LogP contribution is 2.30. The zero-order valence-electron chi connectivity index (χ0n) is 19.1. The van der Waals surface area contributed by atoms with E-state index in [1.807, 2.05) is 0 Å². The third-order valence-electron chi connectivity index (χ3n) is 4.76. The summed E-state index contributed by atoms with van der Waals surface area (Å²) in [7, 11) is 1.72. The molecule has 3 aromatic rings. The summed E-state index contributed by atoms with van der Waals surface area (Å²) >= 11 is 0. The molecule has 0 aliphatic carbocycles. The number of hydrogen-bond donors (Lipinski definition) is 2. The van der Waals surface area contributed by atoms with Crippen molar-refractivity contribution in [1.82, 2.24) is 14.8 Å². The van der Waals surface area contributed by atoms with E-state index in [0.717, 1.165) is 24.4 Å². The molecule has 0 spiro atoms. The summed E-state index contributed by atoms with van der Waals surface area (Å²) in [5.41, 5.74) is -0.558. The minimum atomic E-state index is -4.62. The zero-order chi connectivity index (χ0) is 26.5. The molecule has 0 saturated heterocycles. The van der Waals surface area contributed by atoms with Gasteiger partial charge >= 0.3 is 6.18 Å². The van der Waals surface area contributed by atoms with Gasteiger partial charge in [-0.25, -0.2) is 23.7 Å². The van der Waals surface area contributed by atoms with Crippen LogP contribution in [0.15, 0.2) is 59.0 Å². The van der Waals surface area contributed by atoms with Gasteiger partial charge in [0.25, 0.3) is 0 Å². The Balaban J connectivity index is 1.73. The van der Waals surface area contributed by atoms with Gasteiger partial charge in [0.2, 0.25) is 11.9 Å². The van der Waals surface area contributed by atoms with E-state index in [4.69, 9.17) is 0 Å². The largest absolute Gasteiger partial charge is 0.416 e. The smallest absolute Gasteiger partial charge is 0.322 e. The highest BCUT2D eigenvalue weighted by molar-refractivity contribution is 5.97. The number of benzene rings is 1. The molecule has 1 aromatic carbocycles. The number of halogens is 5. The number of anilines is 2. The molecule has 2 aromatic heterocycles. The number of carbonyl (C=O) groups excluding carboxylic acids is 1. The maximum absolute atomic E-state index is 14.7. The van der Waals surface area contributed by atoms with Crippen LogP contribution in [0.5, 0.6) is 0 Å². The molecule has 13 heteroatoms. The van der Waals surface area contributed by atoms with E-state index < -0.39 is 35.7 Å². The molecule has 0 unspecified atom stereocenters. The van der Waals surface area contributed by atoms with Crippen LogP contribution in [0.2, 0.25) is 0 Å². The number of nitrogens with one attached hydrogen (secondary N) is 2. The fourth-order valence-electron chi connectivity index (χ4n) is 3.02. The Morgan fingerprint density at radius 3 is 2.58 bits per heavy atom. The van der Waals surface area contributed by atoms with Crippen molar-refractivity contribution in [2.45, 2.75) is 19.5 Å². The van der Waals surface area contributed by atoms with Crippen molar-refractivity contribution in [3.63, 3.8) is 0 Å². The summed E-state index contributed by atoms with van der Waals surface area (Å²) in [5.74, 6) is -2.84. The van der Waals surface area contributed by atoms with Crippen LogP contribution in [0.1, 0.15) is 23.6 Å². The van der Waals surface area contributed by atoms with Crippen LogP contribution >= 0.6 is 0 Å². The molecule has 188 valence electrons. The SMILES string of the molecule is C=NC(=N/C=C(\C)c1cc(F)c(CC(=O)Nc2cc(C(F)(F)F)ccn2)cc1F)Nc1cnn(C)c1. The minimum absolute atomic E-state index is 0.0970. The monoisotopic (exact) mass is 505 g/mol. The molecule has 36 heavy (non-hydrogen) atoms. The Kier molecular flexibility index (Phi) is 7.92. The molecule has 2 heterocycles. The number of aryl methyl sites for hydroxylation is 1. The van der Waals surface area contributed by atoms with Crippen molar-refractivity contribution < 1.29 is 26.7 Å². The number of pyridine rings is 1. The van der Waals surface area contributed by atoms with Crippen LogP contribution in [-0.2, 0) is 24.4 Å². The van der Waals surface area contributed by atoms with Gasteiger partial charge in [-0.15, -0.1) is 0 Å². The number of aromatic nitrogens is 3. The van der Waals surface area contributed by atoms with Gasteiger partial charge in [-0.3, -0.25) is 9.48 Å². The Bertz CT molecular complexity index is 1340. The summed E-state index contributed by atoms with van der Waals surface area (Å²) in [5, 5.41) is 8.99. The Hall–Kier alpha value is -4.42. The topological polar surface area (TPSA) is 96.6 Å². The van der Waals surface area contributed by atoms with Gasteiger partial charge in [0.15, 0.2) is 0 Å². The van der Waals surface area contributed by atoms with Crippen molar-refractivity contribution in [2.24, 2.45) is 17.0 Å². The van der Waals surface area contributed by atoms with E-state index >= 15 is 0 Å². The quantitative estimate of drug-likeness (QED) is 0.285. The molecule has 0 atom stereocenters. The third-order valence-corrected chi connectivity index (χ3v) is 4.76. The number of allylic oxidation sites excluding steroid dienone is 1. The maximum atomic E-state index is 14.7. The molecule has 0 bridgehead atoms. The fourth-order valence-corrected chi connectivity index (χ4v) is 3.02. The van der Waals surface area contributed by atoms with Crippen LogP contribution in [-0.4, -0.2) is 33.3 Å². The van der Waals surface area contributed by atoms with Gasteiger partial charge < -0.3 is 10.6 Å². The van der Waals surface area contributed by atoms with Crippen molar-refractivity contribution in [3.8, 4) is 0 Å². The van der Waals surface area contributed by atoms with E-state index in [1.165, 1.54) is 19.3 Å². The predicted molar refractivity (Wildman–Crippen MR) is 125 cm³/mol. The molecule has 3 rings (SSSR count). The van der Waals surface area contributed by atoms with Gasteiger partial charge in [-0.05, 0) is 43.5 Å². The number of hydrogen-bond acceptors (Lipinski definition) is 4. The van der Waals surface area contributed by atoms with Crippen molar-refractivity contribution in [2.75, 3.05) is 10.6 Å². The van der Waals surface area contributed by atoms with Crippen molar-refractivity contribution in [3.05, 3.63) is 77.4 Å². The number of nitrogens with zero attached hydrogens (tertiary/aromatic N) is 5. The molecule has 0 aliphatic heterocycles. The first kappa shape index (κ1) is 26.2. The average molecular weight is 505 g/mol. The molecule has 0 aliphatic rings. The van der Waals surface area contributed by atoms with Gasteiger partial charge in [0.1, 0.15) is 17.5 Å². The Morgan fingerprint density at radius 1 is 1.19 bits per heavy atom. The standard InChI is InChI=1S/C23H20F5N7O/c1-13(10-31-22(29-2)33-16-11-32-35(3)12-16)17-9-18(24)14(6-19(17)25)7-21(36)34-20-8-15(4-5-30-20)23(26,27)28/h4-6,8-12H,2,7H2,1,3H3,(H,31,33)(H,30,34,36)/b13-10+. The van der Waals surface area contributed by atoms with Crippen LogP contribution in [0, 0.1) is 11.6 Å². The summed E-state index contributed by atoms with van der Waals surface area (Å²) in [6.07, 6.45) is 0.0950. The van der Waals surface area contributed by atoms with Crippen LogP contribution in [0.3, 0.4) is 0 Å². The second-order valence-electron chi connectivity index (χ2n) is 7.53. The zero-order valence-corrected chi connectivity index (χ0v) is 19.1. The summed E-state index contributed by atoms with van der Waals surface area (Å²) in [4.78, 5) is 23.6. The second kappa shape index (κ2) is 10.9.